The Balaban J connectivity index is 3.00. The molecule has 0 aromatic heterocycles. The summed E-state index contributed by atoms with van der Waals surface area (Å²) in [5, 5.41) is 18.8. The van der Waals surface area contributed by atoms with E-state index in [0.29, 0.717) is 0 Å². The third kappa shape index (κ3) is 2.22. The Labute approximate surface area is 84.5 Å². The maximum Gasteiger partial charge on any atom is 0.0809 e. The van der Waals surface area contributed by atoms with Gasteiger partial charge in [0.1, 0.15) is 0 Å². The fourth-order valence-corrected chi connectivity index (χ4v) is 1.56. The molecule has 14 heavy (non-hydrogen) atoms. The monoisotopic (exact) mass is 192 g/mol. The summed E-state index contributed by atoms with van der Waals surface area (Å²) in [5.74, 6) is -0.270. The van der Waals surface area contributed by atoms with Gasteiger partial charge in [0.25, 0.3) is 0 Å². The van der Waals surface area contributed by atoms with Gasteiger partial charge in [-0.15, -0.1) is 6.58 Å². The molecule has 0 saturated carbocycles. The first kappa shape index (κ1) is 11.0. The number of aryl methyl sites for hydroxylation is 1. The molecule has 0 fully saturated rings. The smallest absolute Gasteiger partial charge is 0.0809 e. The predicted molar refractivity (Wildman–Crippen MR) is 57.2 cm³/mol. The van der Waals surface area contributed by atoms with E-state index in [2.05, 4.69) is 6.58 Å². The van der Waals surface area contributed by atoms with Crippen molar-refractivity contribution in [3.63, 3.8) is 0 Å². The molecule has 2 N–H and O–H groups in total. The first-order valence-electron chi connectivity index (χ1n) is 4.67. The van der Waals surface area contributed by atoms with Gasteiger partial charge in [-0.3, -0.25) is 0 Å². The highest BCUT2D eigenvalue weighted by molar-refractivity contribution is 5.30. The molecule has 0 radical (unpaired) electrons. The third-order valence-corrected chi connectivity index (χ3v) is 2.44. The molecule has 2 atom stereocenters. The lowest BCUT2D eigenvalue weighted by atomic mass is 9.91. The van der Waals surface area contributed by atoms with Crippen LogP contribution in [0.1, 0.15) is 17.0 Å². The summed E-state index contributed by atoms with van der Waals surface area (Å²) in [4.78, 5) is 0. The molecule has 0 saturated heterocycles. The Morgan fingerprint density at radius 1 is 1.43 bits per heavy atom. The summed E-state index contributed by atoms with van der Waals surface area (Å²) < 4.78 is 0. The number of hydrogen-bond donors (Lipinski definition) is 2. The van der Waals surface area contributed by atoms with Crippen molar-refractivity contribution in [1.29, 1.82) is 0 Å². The fourth-order valence-electron chi connectivity index (χ4n) is 1.56. The van der Waals surface area contributed by atoms with Crippen LogP contribution in [0.25, 0.3) is 0 Å². The summed E-state index contributed by atoms with van der Waals surface area (Å²) >= 11 is 0. The van der Waals surface area contributed by atoms with E-state index in [-0.39, 0.29) is 12.5 Å². The molecule has 2 nitrogen and oxygen atoms in total. The number of aliphatic hydroxyl groups excluding tert-OH is 2. The number of rotatable bonds is 4. The highest BCUT2D eigenvalue weighted by Crippen LogP contribution is 2.23. The lowest BCUT2D eigenvalue weighted by molar-refractivity contribution is 0.142. The summed E-state index contributed by atoms with van der Waals surface area (Å²) in [6, 6.07) is 7.73. The van der Waals surface area contributed by atoms with Crippen molar-refractivity contribution in [3.8, 4) is 0 Å². The Morgan fingerprint density at radius 2 is 2.07 bits per heavy atom. The van der Waals surface area contributed by atoms with E-state index < -0.39 is 6.10 Å². The summed E-state index contributed by atoms with van der Waals surface area (Å²) in [6.45, 7) is 5.42. The molecule has 2 unspecified atom stereocenters. The molecule has 0 heterocycles. The van der Waals surface area contributed by atoms with Crippen LogP contribution in [0, 0.1) is 6.92 Å². The molecule has 1 aromatic carbocycles. The van der Waals surface area contributed by atoms with Gasteiger partial charge in [0.2, 0.25) is 0 Å². The predicted octanol–water partition coefficient (Wildman–Crippen LogP) is 1.62. The van der Waals surface area contributed by atoms with Gasteiger partial charge in [-0.2, -0.15) is 0 Å². The van der Waals surface area contributed by atoms with E-state index in [1.54, 1.807) is 0 Å². The number of benzene rings is 1. The van der Waals surface area contributed by atoms with Gasteiger partial charge in [-0.1, -0.05) is 30.3 Å². The number of hydrogen-bond acceptors (Lipinski definition) is 2. The van der Waals surface area contributed by atoms with Gasteiger partial charge in [-0.25, -0.2) is 0 Å². The maximum absolute atomic E-state index is 9.62. The van der Waals surface area contributed by atoms with E-state index in [0.717, 1.165) is 11.1 Å². The molecule has 0 bridgehead atoms. The lowest BCUT2D eigenvalue weighted by Gasteiger charge is -2.20. The average molecular weight is 192 g/mol. The van der Waals surface area contributed by atoms with Crippen LogP contribution < -0.4 is 0 Å². The van der Waals surface area contributed by atoms with Crippen LogP contribution in [-0.2, 0) is 0 Å². The topological polar surface area (TPSA) is 40.5 Å². The first-order valence-corrected chi connectivity index (χ1v) is 4.67. The normalized spacial score (nSPS) is 14.8. The van der Waals surface area contributed by atoms with E-state index in [1.165, 1.54) is 6.08 Å². The zero-order valence-electron chi connectivity index (χ0n) is 8.35. The number of aliphatic hydroxyl groups is 2. The highest BCUT2D eigenvalue weighted by atomic mass is 16.3. The van der Waals surface area contributed by atoms with Gasteiger partial charge < -0.3 is 10.2 Å². The Bertz CT molecular complexity index is 307. The van der Waals surface area contributed by atoms with Crippen LogP contribution in [0.3, 0.4) is 0 Å². The van der Waals surface area contributed by atoms with E-state index in [4.69, 9.17) is 0 Å². The zero-order chi connectivity index (χ0) is 10.6. The van der Waals surface area contributed by atoms with Crippen LogP contribution in [0.2, 0.25) is 0 Å². The van der Waals surface area contributed by atoms with Crippen LogP contribution in [0.4, 0.5) is 0 Å². The molecule has 1 rings (SSSR count). The molecular weight excluding hydrogens is 176 g/mol. The highest BCUT2D eigenvalue weighted by Gasteiger charge is 2.18. The van der Waals surface area contributed by atoms with E-state index in [1.807, 2.05) is 31.2 Å². The third-order valence-electron chi connectivity index (χ3n) is 2.44. The molecule has 1 aromatic rings. The molecule has 76 valence electrons. The van der Waals surface area contributed by atoms with Gasteiger partial charge in [0.15, 0.2) is 0 Å². The minimum atomic E-state index is -0.693. The molecular formula is C12H16O2. The van der Waals surface area contributed by atoms with Crippen molar-refractivity contribution in [2.75, 3.05) is 6.61 Å². The molecule has 0 aliphatic carbocycles. The Kier molecular flexibility index (Phi) is 3.86. The SMILES string of the molecule is C=CC(O)C(CO)c1ccccc1C. The van der Waals surface area contributed by atoms with Gasteiger partial charge in [0, 0.05) is 5.92 Å². The minimum absolute atomic E-state index is 0.0714. The van der Waals surface area contributed by atoms with Gasteiger partial charge in [-0.05, 0) is 18.1 Å². The van der Waals surface area contributed by atoms with Crippen LogP contribution in [0.5, 0.6) is 0 Å². The van der Waals surface area contributed by atoms with Crippen molar-refractivity contribution >= 4 is 0 Å². The molecule has 0 spiro atoms. The quantitative estimate of drug-likeness (QED) is 0.712. The first-order chi connectivity index (χ1) is 6.70. The second kappa shape index (κ2) is 4.94. The van der Waals surface area contributed by atoms with E-state index >= 15 is 0 Å². The lowest BCUT2D eigenvalue weighted by Crippen LogP contribution is -2.20. The molecule has 0 aliphatic rings. The van der Waals surface area contributed by atoms with Crippen molar-refractivity contribution in [3.05, 3.63) is 48.0 Å². The summed E-state index contributed by atoms with van der Waals surface area (Å²) in [6.07, 6.45) is 0.758. The van der Waals surface area contributed by atoms with Gasteiger partial charge in [0.05, 0.1) is 12.7 Å². The Hall–Kier alpha value is -1.12. The van der Waals surface area contributed by atoms with Crippen LogP contribution in [0.15, 0.2) is 36.9 Å². The van der Waals surface area contributed by atoms with Crippen LogP contribution >= 0.6 is 0 Å². The largest absolute Gasteiger partial charge is 0.396 e. The van der Waals surface area contributed by atoms with Gasteiger partial charge >= 0.3 is 0 Å². The van der Waals surface area contributed by atoms with Crippen LogP contribution in [-0.4, -0.2) is 22.9 Å². The molecule has 0 aliphatic heterocycles. The minimum Gasteiger partial charge on any atom is -0.396 e. The second-order valence-electron chi connectivity index (χ2n) is 3.37. The standard InChI is InChI=1S/C12H16O2/c1-3-12(14)11(8-13)10-7-5-4-6-9(10)2/h3-7,11-14H,1,8H2,2H3. The summed E-state index contributed by atoms with van der Waals surface area (Å²) in [7, 11) is 0. The molecule has 2 heteroatoms. The maximum atomic E-state index is 9.62. The second-order valence-corrected chi connectivity index (χ2v) is 3.37. The average Bonchev–Trinajstić information content (AvgIpc) is 2.21. The van der Waals surface area contributed by atoms with Crippen molar-refractivity contribution < 1.29 is 10.2 Å². The molecule has 0 amide bonds. The zero-order valence-corrected chi connectivity index (χ0v) is 8.35. The fraction of sp³-hybridized carbons (Fsp3) is 0.333. The van der Waals surface area contributed by atoms with Crippen molar-refractivity contribution in [1.82, 2.24) is 0 Å². The van der Waals surface area contributed by atoms with Crippen molar-refractivity contribution in [2.45, 2.75) is 18.9 Å². The Morgan fingerprint density at radius 3 is 2.57 bits per heavy atom. The summed E-state index contributed by atoms with van der Waals surface area (Å²) in [5.41, 5.74) is 2.05. The van der Waals surface area contributed by atoms with E-state index in [9.17, 15) is 10.2 Å². The van der Waals surface area contributed by atoms with Crippen molar-refractivity contribution in [2.24, 2.45) is 0 Å².